The number of hydrogen-bond donors (Lipinski definition) is 2. The summed E-state index contributed by atoms with van der Waals surface area (Å²) in [6.45, 7) is 0. The van der Waals surface area contributed by atoms with Crippen molar-refractivity contribution >= 4 is 28.6 Å². The normalized spacial score (nSPS) is 13.6. The molecule has 0 spiro atoms. The summed E-state index contributed by atoms with van der Waals surface area (Å²) in [7, 11) is 1.65. The molecule has 114 valence electrons. The molecule has 1 aliphatic heterocycles. The molecule has 4 rings (SSSR count). The second-order valence-electron chi connectivity index (χ2n) is 5.34. The van der Waals surface area contributed by atoms with Crippen LogP contribution in [-0.2, 0) is 0 Å². The molecule has 0 amide bonds. The molecule has 1 aromatic heterocycles. The molecule has 0 bridgehead atoms. The molecule has 23 heavy (non-hydrogen) atoms. The third-order valence-electron chi connectivity index (χ3n) is 3.97. The van der Waals surface area contributed by atoms with Gasteiger partial charge in [0.05, 0.1) is 24.0 Å². The molecular formula is C18H16N4O. The Balaban J connectivity index is 1.89. The molecule has 0 fully saturated rings. The maximum Gasteiger partial charge on any atom is 0.168 e. The average molecular weight is 304 g/mol. The van der Waals surface area contributed by atoms with Crippen molar-refractivity contribution in [3.63, 3.8) is 0 Å². The van der Waals surface area contributed by atoms with Gasteiger partial charge >= 0.3 is 0 Å². The predicted molar refractivity (Wildman–Crippen MR) is 93.0 cm³/mol. The van der Waals surface area contributed by atoms with E-state index in [1.165, 1.54) is 0 Å². The SMILES string of the molecule is COc1ccc(C2=Cn3c(cc4ccccc43)C(N)=NN2)cc1. The van der Waals surface area contributed by atoms with Crippen LogP contribution in [0.15, 0.2) is 59.7 Å². The third-order valence-corrected chi connectivity index (χ3v) is 3.97. The van der Waals surface area contributed by atoms with Gasteiger partial charge in [-0.1, -0.05) is 18.2 Å². The molecular weight excluding hydrogens is 288 g/mol. The van der Waals surface area contributed by atoms with E-state index in [9.17, 15) is 0 Å². The molecule has 5 heteroatoms. The summed E-state index contributed by atoms with van der Waals surface area (Å²) >= 11 is 0. The van der Waals surface area contributed by atoms with Gasteiger partial charge in [0.15, 0.2) is 5.84 Å². The van der Waals surface area contributed by atoms with E-state index in [1.54, 1.807) is 7.11 Å². The zero-order valence-corrected chi connectivity index (χ0v) is 12.7. The lowest BCUT2D eigenvalue weighted by Gasteiger charge is -2.08. The van der Waals surface area contributed by atoms with E-state index in [2.05, 4.69) is 27.2 Å². The van der Waals surface area contributed by atoms with Crippen molar-refractivity contribution in [1.29, 1.82) is 0 Å². The Labute approximate surface area is 133 Å². The molecule has 5 nitrogen and oxygen atoms in total. The highest BCUT2D eigenvalue weighted by atomic mass is 16.5. The van der Waals surface area contributed by atoms with Gasteiger partial charge < -0.3 is 15.0 Å². The standard InChI is InChI=1S/C18H16N4O/c1-23-14-8-6-12(7-9-14)15-11-22-16-5-3-2-4-13(16)10-17(22)18(19)21-20-15/h2-11,20H,1H3,(H2,19,21). The summed E-state index contributed by atoms with van der Waals surface area (Å²) in [5, 5.41) is 5.42. The number of fused-ring (bicyclic) bond motifs is 3. The summed E-state index contributed by atoms with van der Waals surface area (Å²) in [6, 6.07) is 18.0. The van der Waals surface area contributed by atoms with Gasteiger partial charge in [-0.05, 0) is 36.4 Å². The molecule has 0 unspecified atom stereocenters. The quantitative estimate of drug-likeness (QED) is 0.765. The molecule has 0 radical (unpaired) electrons. The van der Waals surface area contributed by atoms with E-state index in [0.717, 1.165) is 33.6 Å². The fourth-order valence-electron chi connectivity index (χ4n) is 2.76. The maximum atomic E-state index is 6.11. The number of nitrogens with two attached hydrogens (primary N) is 1. The van der Waals surface area contributed by atoms with Crippen molar-refractivity contribution in [3.8, 4) is 5.75 Å². The molecule has 2 aromatic carbocycles. The Morgan fingerprint density at radius 1 is 1.09 bits per heavy atom. The number of para-hydroxylation sites is 1. The van der Waals surface area contributed by atoms with E-state index >= 15 is 0 Å². The second kappa shape index (κ2) is 5.21. The monoisotopic (exact) mass is 304 g/mol. The number of methoxy groups -OCH3 is 1. The minimum Gasteiger partial charge on any atom is -0.497 e. The van der Waals surface area contributed by atoms with Crippen LogP contribution in [0.3, 0.4) is 0 Å². The van der Waals surface area contributed by atoms with E-state index < -0.39 is 0 Å². The zero-order chi connectivity index (χ0) is 15.8. The first kappa shape index (κ1) is 13.5. The van der Waals surface area contributed by atoms with Gasteiger partial charge in [0, 0.05) is 17.1 Å². The number of ether oxygens (including phenoxy) is 1. The van der Waals surface area contributed by atoms with Crippen molar-refractivity contribution in [2.24, 2.45) is 10.8 Å². The summed E-state index contributed by atoms with van der Waals surface area (Å²) in [4.78, 5) is 0. The summed E-state index contributed by atoms with van der Waals surface area (Å²) in [6.07, 6.45) is 2.02. The number of hydrogen-bond acceptors (Lipinski definition) is 4. The second-order valence-corrected chi connectivity index (χ2v) is 5.34. The van der Waals surface area contributed by atoms with Crippen molar-refractivity contribution in [3.05, 3.63) is 65.9 Å². The van der Waals surface area contributed by atoms with Gasteiger partial charge in [0.1, 0.15) is 5.75 Å². The van der Waals surface area contributed by atoms with Crippen LogP contribution in [0.25, 0.3) is 22.8 Å². The Morgan fingerprint density at radius 3 is 2.65 bits per heavy atom. The molecule has 1 aliphatic rings. The van der Waals surface area contributed by atoms with Crippen LogP contribution < -0.4 is 15.9 Å². The van der Waals surface area contributed by atoms with Gasteiger partial charge in [0.2, 0.25) is 0 Å². The highest BCUT2D eigenvalue weighted by Gasteiger charge is 2.15. The molecule has 0 atom stereocenters. The first-order valence-electron chi connectivity index (χ1n) is 7.32. The lowest BCUT2D eigenvalue weighted by molar-refractivity contribution is 0.415. The van der Waals surface area contributed by atoms with E-state index in [4.69, 9.17) is 10.5 Å². The van der Waals surface area contributed by atoms with Gasteiger partial charge in [-0.25, -0.2) is 0 Å². The van der Waals surface area contributed by atoms with Crippen LogP contribution in [0.4, 0.5) is 0 Å². The minimum atomic E-state index is 0.459. The highest BCUT2D eigenvalue weighted by Crippen LogP contribution is 2.25. The smallest absolute Gasteiger partial charge is 0.168 e. The Hall–Kier alpha value is -3.21. The highest BCUT2D eigenvalue weighted by molar-refractivity contribution is 6.04. The van der Waals surface area contributed by atoms with Crippen LogP contribution in [0.2, 0.25) is 0 Å². The molecule has 3 aromatic rings. The van der Waals surface area contributed by atoms with E-state index in [-0.39, 0.29) is 0 Å². The van der Waals surface area contributed by atoms with Crippen LogP contribution in [0.5, 0.6) is 5.75 Å². The third kappa shape index (κ3) is 2.23. The van der Waals surface area contributed by atoms with Gasteiger partial charge in [-0.3, -0.25) is 5.43 Å². The summed E-state index contributed by atoms with van der Waals surface area (Å²) in [5.41, 5.74) is 13.0. The van der Waals surface area contributed by atoms with E-state index in [1.807, 2.05) is 48.7 Å². The van der Waals surface area contributed by atoms with Crippen molar-refractivity contribution in [1.82, 2.24) is 9.99 Å². The van der Waals surface area contributed by atoms with Gasteiger partial charge in [-0.15, -0.1) is 0 Å². The number of amidine groups is 1. The average Bonchev–Trinajstić information content (AvgIpc) is 2.89. The van der Waals surface area contributed by atoms with E-state index in [0.29, 0.717) is 5.84 Å². The lowest BCUT2D eigenvalue weighted by atomic mass is 10.1. The first-order valence-corrected chi connectivity index (χ1v) is 7.32. The number of nitrogens with one attached hydrogen (secondary N) is 1. The summed E-state index contributed by atoms with van der Waals surface area (Å²) in [5.74, 6) is 1.28. The van der Waals surface area contributed by atoms with Crippen LogP contribution >= 0.6 is 0 Å². The van der Waals surface area contributed by atoms with Crippen LogP contribution in [0, 0.1) is 0 Å². The van der Waals surface area contributed by atoms with Crippen molar-refractivity contribution in [2.75, 3.05) is 7.11 Å². The maximum absolute atomic E-state index is 6.11. The van der Waals surface area contributed by atoms with Crippen LogP contribution in [0.1, 0.15) is 11.3 Å². The van der Waals surface area contributed by atoms with Gasteiger partial charge in [-0.2, -0.15) is 5.10 Å². The topological polar surface area (TPSA) is 64.6 Å². The number of hydrazone groups is 1. The first-order chi connectivity index (χ1) is 11.3. The number of benzene rings is 2. The number of aromatic nitrogens is 1. The van der Waals surface area contributed by atoms with Crippen molar-refractivity contribution < 1.29 is 4.74 Å². The summed E-state index contributed by atoms with van der Waals surface area (Å²) < 4.78 is 7.27. The minimum absolute atomic E-state index is 0.459. The molecule has 0 saturated carbocycles. The Morgan fingerprint density at radius 2 is 1.87 bits per heavy atom. The van der Waals surface area contributed by atoms with Gasteiger partial charge in [0.25, 0.3) is 0 Å². The van der Waals surface area contributed by atoms with Crippen LogP contribution in [-0.4, -0.2) is 17.5 Å². The number of rotatable bonds is 2. The Kier molecular flexibility index (Phi) is 3.05. The molecule has 0 aliphatic carbocycles. The largest absolute Gasteiger partial charge is 0.497 e. The Bertz CT molecular complexity index is 935. The molecule has 2 heterocycles. The lowest BCUT2D eigenvalue weighted by Crippen LogP contribution is -2.17. The fourth-order valence-corrected chi connectivity index (χ4v) is 2.76. The predicted octanol–water partition coefficient (Wildman–Crippen LogP) is 2.83. The van der Waals surface area contributed by atoms with Crippen molar-refractivity contribution in [2.45, 2.75) is 0 Å². The fraction of sp³-hybridized carbons (Fsp3) is 0.0556. The molecule has 3 N–H and O–H groups in total. The zero-order valence-electron chi connectivity index (χ0n) is 12.7. The number of nitrogens with zero attached hydrogens (tertiary/aromatic N) is 2. The molecule has 0 saturated heterocycles.